The van der Waals surface area contributed by atoms with Gasteiger partial charge in [0.1, 0.15) is 17.1 Å². The van der Waals surface area contributed by atoms with Crippen molar-refractivity contribution in [3.63, 3.8) is 0 Å². The zero-order chi connectivity index (χ0) is 27.5. The van der Waals surface area contributed by atoms with Gasteiger partial charge in [-0.15, -0.1) is 0 Å². The minimum absolute atomic E-state index is 0.0660. The molecule has 39 heavy (non-hydrogen) atoms. The van der Waals surface area contributed by atoms with Crippen LogP contribution in [0.1, 0.15) is 48.6 Å². The number of urea groups is 1. The Morgan fingerprint density at radius 1 is 1.05 bits per heavy atom. The number of para-hydroxylation sites is 1. The zero-order valence-electron chi connectivity index (χ0n) is 22.3. The topological polar surface area (TPSA) is 93.8 Å². The number of hydrogen-bond donors (Lipinski definition) is 1. The largest absolute Gasteiger partial charge is 0.493 e. The molecule has 200 valence electrons. The smallest absolute Gasteiger partial charge is 0.331 e. The summed E-state index contributed by atoms with van der Waals surface area (Å²) in [6.07, 6.45) is 5.71. The summed E-state index contributed by atoms with van der Waals surface area (Å²) >= 11 is 0. The fraction of sp³-hybridized carbons (Fsp3) is 0.258. The first-order valence-electron chi connectivity index (χ1n) is 13.0. The maximum Gasteiger partial charge on any atom is 0.331 e. The molecule has 4 aromatic rings. The molecule has 0 aliphatic carbocycles. The summed E-state index contributed by atoms with van der Waals surface area (Å²) in [5, 5.41) is 3.17. The van der Waals surface area contributed by atoms with E-state index in [0.717, 1.165) is 39.1 Å². The van der Waals surface area contributed by atoms with Crippen molar-refractivity contribution in [2.75, 3.05) is 6.61 Å². The van der Waals surface area contributed by atoms with Crippen LogP contribution in [0, 0.1) is 6.92 Å². The zero-order valence-corrected chi connectivity index (χ0v) is 22.3. The molecule has 0 unspecified atom stereocenters. The Morgan fingerprint density at radius 2 is 1.87 bits per heavy atom. The minimum atomic E-state index is -0.768. The van der Waals surface area contributed by atoms with Gasteiger partial charge in [-0.1, -0.05) is 44.2 Å². The van der Waals surface area contributed by atoms with E-state index in [0.29, 0.717) is 24.8 Å². The second-order valence-electron chi connectivity index (χ2n) is 9.98. The number of aromatic nitrogens is 1. The standard InChI is InChI=1S/C31H31N3O5/c1-20(2)24-12-11-21(3)16-28(24)39-15-7-13-33-18-22(25-9-4-5-10-27(25)33)17-26-29(35)32-31(37)34(30(26)36)19-23-8-6-14-38-23/h4-6,8-12,14,16-18,20H,7,13,15,19H2,1-3H3,(H,32,35,37)/b26-17+. The van der Waals surface area contributed by atoms with Crippen LogP contribution in [0.4, 0.5) is 4.79 Å². The summed E-state index contributed by atoms with van der Waals surface area (Å²) in [6.45, 7) is 7.55. The second-order valence-corrected chi connectivity index (χ2v) is 9.98. The minimum Gasteiger partial charge on any atom is -0.493 e. The molecule has 1 saturated heterocycles. The van der Waals surface area contributed by atoms with Gasteiger partial charge in [-0.2, -0.15) is 0 Å². The first-order valence-corrected chi connectivity index (χ1v) is 13.0. The van der Waals surface area contributed by atoms with Gasteiger partial charge in [-0.05, 0) is 60.7 Å². The highest BCUT2D eigenvalue weighted by atomic mass is 16.5. The Kier molecular flexibility index (Phi) is 7.36. The van der Waals surface area contributed by atoms with Crippen LogP contribution in [0.15, 0.2) is 77.0 Å². The van der Waals surface area contributed by atoms with Crippen molar-refractivity contribution in [2.24, 2.45) is 0 Å². The highest BCUT2D eigenvalue weighted by molar-refractivity contribution is 6.31. The number of fused-ring (bicyclic) bond motifs is 1. The van der Waals surface area contributed by atoms with Gasteiger partial charge < -0.3 is 13.7 Å². The number of nitrogens with zero attached hydrogens (tertiary/aromatic N) is 2. The summed E-state index contributed by atoms with van der Waals surface area (Å²) in [5.74, 6) is 0.351. The van der Waals surface area contributed by atoms with E-state index in [9.17, 15) is 14.4 Å². The molecule has 1 fully saturated rings. The van der Waals surface area contributed by atoms with E-state index < -0.39 is 17.8 Å². The molecular formula is C31H31N3O5. The number of ether oxygens (including phenoxy) is 1. The summed E-state index contributed by atoms with van der Waals surface area (Å²) < 4.78 is 13.5. The van der Waals surface area contributed by atoms with Crippen molar-refractivity contribution in [2.45, 2.75) is 46.2 Å². The van der Waals surface area contributed by atoms with Gasteiger partial charge in [-0.25, -0.2) is 4.79 Å². The summed E-state index contributed by atoms with van der Waals surface area (Å²) in [5.41, 5.74) is 3.95. The first-order chi connectivity index (χ1) is 18.8. The van der Waals surface area contributed by atoms with E-state index in [1.54, 1.807) is 18.2 Å². The molecule has 0 atom stereocenters. The lowest BCUT2D eigenvalue weighted by Crippen LogP contribution is -2.53. The normalized spacial score (nSPS) is 15.0. The highest BCUT2D eigenvalue weighted by Crippen LogP contribution is 2.28. The van der Waals surface area contributed by atoms with E-state index in [1.165, 1.54) is 11.8 Å². The number of carbonyl (C=O) groups is 3. The molecular weight excluding hydrogens is 494 g/mol. The third-order valence-electron chi connectivity index (χ3n) is 6.79. The van der Waals surface area contributed by atoms with Gasteiger partial charge in [0.05, 0.1) is 19.4 Å². The van der Waals surface area contributed by atoms with Crippen molar-refractivity contribution in [3.05, 3.63) is 95.1 Å². The van der Waals surface area contributed by atoms with Crippen molar-refractivity contribution < 1.29 is 23.5 Å². The van der Waals surface area contributed by atoms with Crippen molar-refractivity contribution in [3.8, 4) is 5.75 Å². The molecule has 1 aliphatic rings. The molecule has 3 heterocycles. The van der Waals surface area contributed by atoms with Crippen LogP contribution in [0.3, 0.4) is 0 Å². The molecule has 0 spiro atoms. The average molecular weight is 526 g/mol. The van der Waals surface area contributed by atoms with Crippen molar-refractivity contribution >= 4 is 34.8 Å². The number of hydrogen-bond acceptors (Lipinski definition) is 5. The number of rotatable bonds is 9. The van der Waals surface area contributed by atoms with Crippen LogP contribution >= 0.6 is 0 Å². The van der Waals surface area contributed by atoms with Gasteiger partial charge in [-0.3, -0.25) is 19.8 Å². The third kappa shape index (κ3) is 5.50. The van der Waals surface area contributed by atoms with Gasteiger partial charge >= 0.3 is 6.03 Å². The Balaban J connectivity index is 1.35. The van der Waals surface area contributed by atoms with E-state index in [2.05, 4.69) is 48.9 Å². The molecule has 0 bridgehead atoms. The number of barbiturate groups is 1. The maximum atomic E-state index is 13.2. The summed E-state index contributed by atoms with van der Waals surface area (Å²) in [6, 6.07) is 16.7. The van der Waals surface area contributed by atoms with E-state index in [4.69, 9.17) is 9.15 Å². The molecule has 8 heteroatoms. The lowest BCUT2D eigenvalue weighted by molar-refractivity contribution is -0.130. The van der Waals surface area contributed by atoms with E-state index in [-0.39, 0.29) is 12.1 Å². The Morgan fingerprint density at radius 3 is 2.64 bits per heavy atom. The predicted octanol–water partition coefficient (Wildman–Crippen LogP) is 5.80. The monoisotopic (exact) mass is 525 g/mol. The molecule has 1 N–H and O–H groups in total. The average Bonchev–Trinajstić information content (AvgIpc) is 3.55. The van der Waals surface area contributed by atoms with Gasteiger partial charge in [0.2, 0.25) is 0 Å². The quantitative estimate of drug-likeness (QED) is 0.169. The lowest BCUT2D eigenvalue weighted by Gasteiger charge is -2.25. The molecule has 2 aromatic carbocycles. The molecule has 0 radical (unpaired) electrons. The van der Waals surface area contributed by atoms with Crippen LogP contribution < -0.4 is 10.1 Å². The maximum absolute atomic E-state index is 13.2. The second kappa shape index (κ2) is 11.0. The molecule has 8 nitrogen and oxygen atoms in total. The number of amides is 4. The van der Waals surface area contributed by atoms with Gasteiger partial charge in [0, 0.05) is 29.2 Å². The van der Waals surface area contributed by atoms with Crippen molar-refractivity contribution in [1.82, 2.24) is 14.8 Å². The van der Waals surface area contributed by atoms with Crippen LogP contribution in [-0.2, 0) is 22.7 Å². The molecule has 5 rings (SSSR count). The van der Waals surface area contributed by atoms with Crippen LogP contribution in [-0.4, -0.2) is 33.9 Å². The van der Waals surface area contributed by atoms with E-state index in [1.807, 2.05) is 30.5 Å². The SMILES string of the molecule is Cc1ccc(C(C)C)c(OCCCn2cc(/C=C3\C(=O)NC(=O)N(Cc4ccco4)C3=O)c3ccccc32)c1. The predicted molar refractivity (Wildman–Crippen MR) is 148 cm³/mol. The fourth-order valence-corrected chi connectivity index (χ4v) is 4.79. The molecule has 2 aromatic heterocycles. The summed E-state index contributed by atoms with van der Waals surface area (Å²) in [4.78, 5) is 39.2. The number of benzene rings is 2. The molecule has 1 aliphatic heterocycles. The van der Waals surface area contributed by atoms with Crippen molar-refractivity contribution in [1.29, 1.82) is 0 Å². The summed E-state index contributed by atoms with van der Waals surface area (Å²) in [7, 11) is 0. The number of imide groups is 2. The van der Waals surface area contributed by atoms with E-state index >= 15 is 0 Å². The van der Waals surface area contributed by atoms with Gasteiger partial charge in [0.15, 0.2) is 0 Å². The Hall–Kier alpha value is -4.59. The molecule has 4 amide bonds. The highest BCUT2D eigenvalue weighted by Gasteiger charge is 2.36. The number of carbonyl (C=O) groups excluding carboxylic acids is 3. The van der Waals surface area contributed by atoms with Crippen LogP contribution in [0.25, 0.3) is 17.0 Å². The number of furan rings is 1. The van der Waals surface area contributed by atoms with Gasteiger partial charge in [0.25, 0.3) is 11.8 Å². The number of nitrogens with one attached hydrogen (secondary N) is 1. The lowest BCUT2D eigenvalue weighted by atomic mass is 10.0. The number of aryl methyl sites for hydroxylation is 2. The Labute approximate surface area is 226 Å². The third-order valence-corrected chi connectivity index (χ3v) is 6.79. The van der Waals surface area contributed by atoms with Crippen LogP contribution in [0.2, 0.25) is 0 Å². The molecule has 0 saturated carbocycles. The Bertz CT molecular complexity index is 1560. The fourth-order valence-electron chi connectivity index (χ4n) is 4.79. The van der Waals surface area contributed by atoms with Crippen LogP contribution in [0.5, 0.6) is 5.75 Å². The first kappa shape index (κ1) is 26.0.